The molecule has 0 unspecified atom stereocenters. The number of carbonyl (C=O) groups is 3. The van der Waals surface area contributed by atoms with E-state index in [1.54, 1.807) is 18.2 Å². The number of carbonyl (C=O) groups excluding carboxylic acids is 3. The van der Waals surface area contributed by atoms with Gasteiger partial charge in [0, 0.05) is 18.2 Å². The Bertz CT molecular complexity index is 1350. The Morgan fingerprint density at radius 1 is 0.860 bits per heavy atom. The molecule has 43 heavy (non-hydrogen) atoms. The lowest BCUT2D eigenvalue weighted by molar-refractivity contribution is -0.133. The molecule has 0 heterocycles. The zero-order chi connectivity index (χ0) is 31.2. The zero-order valence-corrected chi connectivity index (χ0v) is 25.0. The van der Waals surface area contributed by atoms with Crippen molar-refractivity contribution in [2.45, 2.75) is 58.2 Å². The van der Waals surface area contributed by atoms with E-state index in [2.05, 4.69) is 16.0 Å². The van der Waals surface area contributed by atoms with E-state index < -0.39 is 23.9 Å². The molecular weight excluding hydrogens is 548 g/mol. The van der Waals surface area contributed by atoms with Gasteiger partial charge < -0.3 is 36.3 Å². The average Bonchev–Trinajstić information content (AvgIpc) is 2.99. The van der Waals surface area contributed by atoms with Crippen LogP contribution in [0, 0.1) is 5.92 Å². The van der Waals surface area contributed by atoms with Crippen LogP contribution in [0.3, 0.4) is 0 Å². The average molecular weight is 591 g/mol. The summed E-state index contributed by atoms with van der Waals surface area (Å²) >= 11 is 0. The summed E-state index contributed by atoms with van der Waals surface area (Å²) in [5, 5.41) is 18.7. The number of ether oxygens (including phenoxy) is 2. The molecule has 3 aromatic carbocycles. The van der Waals surface area contributed by atoms with Crippen LogP contribution in [0.15, 0.2) is 72.8 Å². The molecule has 2 atom stereocenters. The number of hydrogen-bond donors (Lipinski definition) is 5. The van der Waals surface area contributed by atoms with Gasteiger partial charge in [-0.25, -0.2) is 0 Å². The summed E-state index contributed by atoms with van der Waals surface area (Å²) in [5.74, 6) is 0.355. The van der Waals surface area contributed by atoms with Gasteiger partial charge in [-0.05, 0) is 73.7 Å². The monoisotopic (exact) mass is 590 g/mol. The number of benzene rings is 3. The van der Waals surface area contributed by atoms with Gasteiger partial charge in [-0.3, -0.25) is 14.4 Å². The normalized spacial score (nSPS) is 12.2. The summed E-state index contributed by atoms with van der Waals surface area (Å²) in [6.45, 7) is 4.17. The standard InChI is InChI=1S/C33H42N4O6/c1-22(2)31(33(41)35-21-24-15-16-26(42-3)20-29(24)38)37-32(40)28(14-7-8-17-34)36-30(39)19-23-10-9-13-27(18-23)43-25-11-5-4-6-12-25/h4-6,9-13,15-16,18,20,22,28,31,38H,7-8,14,17,19,21,34H2,1-3H3,(H,35,41)(H,36,39)(H,37,40)/t28-,31-/m0/s1. The van der Waals surface area contributed by atoms with Gasteiger partial charge in [-0.15, -0.1) is 0 Å². The Hall–Kier alpha value is -4.57. The Kier molecular flexibility index (Phi) is 12.8. The van der Waals surface area contributed by atoms with Gasteiger partial charge in [0.2, 0.25) is 17.7 Å². The van der Waals surface area contributed by atoms with Crippen LogP contribution in [-0.4, -0.2) is 48.6 Å². The fraction of sp³-hybridized carbons (Fsp3) is 0.364. The topological polar surface area (TPSA) is 152 Å². The quantitative estimate of drug-likeness (QED) is 0.159. The van der Waals surface area contributed by atoms with Crippen LogP contribution in [0.4, 0.5) is 0 Å². The second-order valence-electron chi connectivity index (χ2n) is 10.6. The molecule has 10 heteroatoms. The zero-order valence-electron chi connectivity index (χ0n) is 25.0. The highest BCUT2D eigenvalue weighted by molar-refractivity contribution is 5.92. The van der Waals surface area contributed by atoms with Crippen molar-refractivity contribution in [3.05, 3.63) is 83.9 Å². The number of phenols is 1. The largest absolute Gasteiger partial charge is 0.507 e. The number of methoxy groups -OCH3 is 1. The highest BCUT2D eigenvalue weighted by atomic mass is 16.5. The molecule has 0 aliphatic heterocycles. The van der Waals surface area contributed by atoms with Gasteiger partial charge in [-0.2, -0.15) is 0 Å². The molecule has 0 spiro atoms. The van der Waals surface area contributed by atoms with Crippen molar-refractivity contribution in [3.8, 4) is 23.0 Å². The molecule has 0 bridgehead atoms. The van der Waals surface area contributed by atoms with Gasteiger partial charge in [0.25, 0.3) is 0 Å². The van der Waals surface area contributed by atoms with Crippen molar-refractivity contribution < 1.29 is 29.0 Å². The first kappa shape index (κ1) is 32.9. The number of phenolic OH excluding ortho intramolecular Hbond substituents is 1. The molecule has 0 aliphatic rings. The van der Waals surface area contributed by atoms with E-state index in [0.717, 1.165) is 5.56 Å². The lowest BCUT2D eigenvalue weighted by Gasteiger charge is -2.25. The maximum Gasteiger partial charge on any atom is 0.243 e. The third-order valence-electron chi connectivity index (χ3n) is 6.83. The van der Waals surface area contributed by atoms with E-state index in [9.17, 15) is 19.5 Å². The number of nitrogens with one attached hydrogen (secondary N) is 3. The second-order valence-corrected chi connectivity index (χ2v) is 10.6. The molecule has 3 rings (SSSR count). The molecule has 6 N–H and O–H groups in total. The molecule has 3 amide bonds. The smallest absolute Gasteiger partial charge is 0.243 e. The molecule has 3 aromatic rings. The van der Waals surface area contributed by atoms with E-state index in [4.69, 9.17) is 15.2 Å². The Morgan fingerprint density at radius 3 is 2.28 bits per heavy atom. The van der Waals surface area contributed by atoms with Crippen molar-refractivity contribution in [2.75, 3.05) is 13.7 Å². The van der Waals surface area contributed by atoms with Crippen LogP contribution in [0.25, 0.3) is 0 Å². The second kappa shape index (κ2) is 16.8. The van der Waals surface area contributed by atoms with Gasteiger partial charge in [-0.1, -0.05) is 44.2 Å². The lowest BCUT2D eigenvalue weighted by atomic mass is 10.0. The van der Waals surface area contributed by atoms with Crippen LogP contribution in [0.5, 0.6) is 23.0 Å². The summed E-state index contributed by atoms with van der Waals surface area (Å²) in [7, 11) is 1.50. The van der Waals surface area contributed by atoms with Crippen molar-refractivity contribution in [1.29, 1.82) is 0 Å². The van der Waals surface area contributed by atoms with Gasteiger partial charge >= 0.3 is 0 Å². The molecule has 0 fully saturated rings. The number of nitrogens with two attached hydrogens (primary N) is 1. The lowest BCUT2D eigenvalue weighted by Crippen LogP contribution is -2.55. The van der Waals surface area contributed by atoms with E-state index in [1.165, 1.54) is 13.2 Å². The van der Waals surface area contributed by atoms with Gasteiger partial charge in [0.15, 0.2) is 0 Å². The first-order chi connectivity index (χ1) is 20.7. The maximum atomic E-state index is 13.4. The first-order valence-electron chi connectivity index (χ1n) is 14.5. The number of hydrogen-bond acceptors (Lipinski definition) is 7. The Labute approximate surface area is 253 Å². The number of unbranched alkanes of at least 4 members (excludes halogenated alkanes) is 1. The fourth-order valence-electron chi connectivity index (χ4n) is 4.44. The summed E-state index contributed by atoms with van der Waals surface area (Å²) < 4.78 is 11.0. The van der Waals surface area contributed by atoms with E-state index in [0.29, 0.717) is 48.6 Å². The minimum atomic E-state index is -0.853. The van der Waals surface area contributed by atoms with Crippen LogP contribution in [0.2, 0.25) is 0 Å². The van der Waals surface area contributed by atoms with Crippen molar-refractivity contribution in [2.24, 2.45) is 11.7 Å². The number of aromatic hydroxyl groups is 1. The molecule has 230 valence electrons. The minimum absolute atomic E-state index is 0.00960. The van der Waals surface area contributed by atoms with Crippen molar-refractivity contribution in [3.63, 3.8) is 0 Å². The summed E-state index contributed by atoms with van der Waals surface area (Å²) in [4.78, 5) is 39.5. The Balaban J connectivity index is 1.63. The number of rotatable bonds is 16. The van der Waals surface area contributed by atoms with Crippen molar-refractivity contribution in [1.82, 2.24) is 16.0 Å². The first-order valence-corrected chi connectivity index (χ1v) is 14.5. The summed E-state index contributed by atoms with van der Waals surface area (Å²) in [5.41, 5.74) is 6.89. The van der Waals surface area contributed by atoms with Crippen molar-refractivity contribution >= 4 is 17.7 Å². The van der Waals surface area contributed by atoms with E-state index in [1.807, 2.05) is 62.4 Å². The molecule has 10 nitrogen and oxygen atoms in total. The van der Waals surface area contributed by atoms with Crippen LogP contribution in [0.1, 0.15) is 44.2 Å². The predicted molar refractivity (Wildman–Crippen MR) is 165 cm³/mol. The molecule has 0 aliphatic carbocycles. The third-order valence-corrected chi connectivity index (χ3v) is 6.83. The highest BCUT2D eigenvalue weighted by Gasteiger charge is 2.28. The van der Waals surface area contributed by atoms with Crippen LogP contribution >= 0.6 is 0 Å². The van der Waals surface area contributed by atoms with E-state index in [-0.39, 0.29) is 30.5 Å². The number of para-hydroxylation sites is 1. The molecule has 0 radical (unpaired) electrons. The SMILES string of the molecule is COc1ccc(CNC(=O)[C@@H](NC(=O)[C@H](CCCCN)NC(=O)Cc2cccc(Oc3ccccc3)c2)C(C)C)c(O)c1. The summed E-state index contributed by atoms with van der Waals surface area (Å²) in [6.07, 6.45) is 1.74. The molecule has 0 saturated heterocycles. The van der Waals surface area contributed by atoms with E-state index >= 15 is 0 Å². The summed E-state index contributed by atoms with van der Waals surface area (Å²) in [6, 6.07) is 19.7. The minimum Gasteiger partial charge on any atom is -0.507 e. The fourth-order valence-corrected chi connectivity index (χ4v) is 4.44. The Morgan fingerprint density at radius 2 is 1.60 bits per heavy atom. The van der Waals surface area contributed by atoms with Gasteiger partial charge in [0.1, 0.15) is 35.1 Å². The van der Waals surface area contributed by atoms with Gasteiger partial charge in [0.05, 0.1) is 13.5 Å². The molecular formula is C33H42N4O6. The van der Waals surface area contributed by atoms with Crippen LogP contribution < -0.4 is 31.2 Å². The third kappa shape index (κ3) is 10.6. The molecule has 0 aromatic heterocycles. The highest BCUT2D eigenvalue weighted by Crippen LogP contribution is 2.24. The number of amides is 3. The molecule has 0 saturated carbocycles. The maximum absolute atomic E-state index is 13.4. The predicted octanol–water partition coefficient (Wildman–Crippen LogP) is 3.81. The van der Waals surface area contributed by atoms with Crippen LogP contribution in [-0.2, 0) is 27.3 Å².